The van der Waals surface area contributed by atoms with Crippen LogP contribution in [0.5, 0.6) is 0 Å². The maximum atomic E-state index is 13.3. The largest absolute Gasteiger partial charge is 0.507 e. The molecule has 1 aromatic carbocycles. The number of benzene rings is 1. The van der Waals surface area contributed by atoms with Crippen LogP contribution in [0.25, 0.3) is 5.76 Å². The number of hydrogen-bond donors (Lipinski definition) is 2. The fourth-order valence-electron chi connectivity index (χ4n) is 3.64. The topological polar surface area (TPSA) is 74.9 Å². The smallest absolute Gasteiger partial charge is 0.295 e. The number of quaternary nitrogens is 1. The number of likely N-dealkylation sites (tertiary alicyclic amines) is 1. The van der Waals surface area contributed by atoms with Gasteiger partial charge in [0.25, 0.3) is 11.7 Å². The van der Waals surface area contributed by atoms with Crippen LogP contribution in [0.3, 0.4) is 0 Å². The Kier molecular flexibility index (Phi) is 6.39. The number of rotatable bonds is 7. The Morgan fingerprint density at radius 3 is 2.45 bits per heavy atom. The molecule has 0 radical (unpaired) electrons. The third-order valence-electron chi connectivity index (χ3n) is 5.36. The fraction of sp³-hybridized carbons (Fsp3) is 0.318. The Morgan fingerprint density at radius 1 is 1.17 bits per heavy atom. The number of aliphatic hydroxyl groups excluding tert-OH is 1. The summed E-state index contributed by atoms with van der Waals surface area (Å²) in [5.74, 6) is -2.15. The number of nitrogens with one attached hydrogen (secondary N) is 1. The zero-order valence-corrected chi connectivity index (χ0v) is 16.6. The van der Waals surface area contributed by atoms with Gasteiger partial charge < -0.3 is 14.9 Å². The summed E-state index contributed by atoms with van der Waals surface area (Å²) in [7, 11) is 0. The Morgan fingerprint density at radius 2 is 1.86 bits per heavy atom. The van der Waals surface area contributed by atoms with E-state index in [1.54, 1.807) is 24.5 Å². The van der Waals surface area contributed by atoms with Crippen LogP contribution in [0, 0.1) is 5.82 Å². The summed E-state index contributed by atoms with van der Waals surface area (Å²) in [6, 6.07) is 7.95. The molecule has 1 fully saturated rings. The second-order valence-electron chi connectivity index (χ2n) is 6.99. The molecule has 0 saturated carbocycles. The Hall–Kier alpha value is -3.06. The first-order valence-corrected chi connectivity index (χ1v) is 9.75. The van der Waals surface area contributed by atoms with E-state index in [1.165, 1.54) is 34.1 Å². The van der Waals surface area contributed by atoms with Crippen molar-refractivity contribution < 1.29 is 24.0 Å². The molecule has 1 atom stereocenters. The molecule has 0 aliphatic carbocycles. The maximum absolute atomic E-state index is 13.3. The molecule has 2 heterocycles. The van der Waals surface area contributed by atoms with Gasteiger partial charge in [0.1, 0.15) is 11.6 Å². The molecule has 6 nitrogen and oxygen atoms in total. The number of nitrogens with zero attached hydrogens (tertiary/aromatic N) is 2. The number of ketones is 1. The molecule has 1 aliphatic rings. The van der Waals surface area contributed by atoms with Crippen molar-refractivity contribution >= 4 is 17.4 Å². The van der Waals surface area contributed by atoms with E-state index in [1.807, 2.05) is 0 Å². The highest BCUT2D eigenvalue weighted by Gasteiger charge is 2.46. The van der Waals surface area contributed by atoms with Crippen molar-refractivity contribution in [2.45, 2.75) is 19.9 Å². The Labute approximate surface area is 169 Å². The number of hydrogen-bond acceptors (Lipinski definition) is 4. The van der Waals surface area contributed by atoms with Crippen molar-refractivity contribution in [2.24, 2.45) is 0 Å². The van der Waals surface area contributed by atoms with E-state index in [9.17, 15) is 19.1 Å². The van der Waals surface area contributed by atoms with Crippen molar-refractivity contribution in [2.75, 3.05) is 26.2 Å². The minimum atomic E-state index is -0.741. The van der Waals surface area contributed by atoms with Gasteiger partial charge in [0, 0.05) is 18.0 Å². The minimum absolute atomic E-state index is 0.00385. The number of pyridine rings is 1. The zero-order valence-electron chi connectivity index (χ0n) is 16.6. The summed E-state index contributed by atoms with van der Waals surface area (Å²) >= 11 is 0. The Balaban J connectivity index is 2.06. The van der Waals surface area contributed by atoms with Crippen LogP contribution in [0.15, 0.2) is 54.4 Å². The third kappa shape index (κ3) is 4.19. The van der Waals surface area contributed by atoms with Crippen LogP contribution in [-0.4, -0.2) is 52.9 Å². The molecule has 1 aliphatic heterocycles. The van der Waals surface area contributed by atoms with E-state index in [2.05, 4.69) is 18.8 Å². The van der Waals surface area contributed by atoms with Crippen molar-refractivity contribution in [1.29, 1.82) is 0 Å². The van der Waals surface area contributed by atoms with Gasteiger partial charge in [-0.3, -0.25) is 14.6 Å². The number of likely N-dealkylation sites (N-methyl/N-ethyl adjacent to an activating group) is 1. The summed E-state index contributed by atoms with van der Waals surface area (Å²) in [5, 5.41) is 10.9. The van der Waals surface area contributed by atoms with Crippen molar-refractivity contribution in [3.8, 4) is 0 Å². The van der Waals surface area contributed by atoms with E-state index in [4.69, 9.17) is 0 Å². The molecule has 152 valence electrons. The van der Waals surface area contributed by atoms with E-state index >= 15 is 0 Å². The fourth-order valence-corrected chi connectivity index (χ4v) is 3.64. The molecule has 7 heteroatoms. The van der Waals surface area contributed by atoms with E-state index in [0.29, 0.717) is 18.7 Å². The van der Waals surface area contributed by atoms with Gasteiger partial charge in [0.05, 0.1) is 37.8 Å². The molecule has 0 spiro atoms. The molecule has 1 amide bonds. The maximum Gasteiger partial charge on any atom is 0.295 e. The highest BCUT2D eigenvalue weighted by atomic mass is 19.1. The van der Waals surface area contributed by atoms with E-state index < -0.39 is 23.5 Å². The molecule has 0 unspecified atom stereocenters. The lowest BCUT2D eigenvalue weighted by Crippen LogP contribution is -3.12. The van der Waals surface area contributed by atoms with Gasteiger partial charge in [0.15, 0.2) is 0 Å². The van der Waals surface area contributed by atoms with Gasteiger partial charge in [-0.05, 0) is 49.7 Å². The molecule has 0 bridgehead atoms. The Bertz CT molecular complexity index is 909. The summed E-state index contributed by atoms with van der Waals surface area (Å²) in [5.41, 5.74) is 0.932. The first kappa shape index (κ1) is 20.7. The van der Waals surface area contributed by atoms with Crippen LogP contribution >= 0.6 is 0 Å². The minimum Gasteiger partial charge on any atom is -0.507 e. The average Bonchev–Trinajstić information content (AvgIpc) is 3.00. The molecule has 2 aromatic rings. The predicted octanol–water partition coefficient (Wildman–Crippen LogP) is 1.57. The van der Waals surface area contributed by atoms with Gasteiger partial charge in [-0.25, -0.2) is 4.39 Å². The summed E-state index contributed by atoms with van der Waals surface area (Å²) in [4.78, 5) is 32.6. The molecule has 1 saturated heterocycles. The number of amides is 1. The number of aliphatic hydroxyl groups is 1. The highest BCUT2D eigenvalue weighted by molar-refractivity contribution is 6.46. The molecule has 1 aromatic heterocycles. The normalized spacial score (nSPS) is 18.6. The second-order valence-corrected chi connectivity index (χ2v) is 6.99. The van der Waals surface area contributed by atoms with Crippen molar-refractivity contribution in [3.63, 3.8) is 0 Å². The van der Waals surface area contributed by atoms with Crippen LogP contribution in [0.2, 0.25) is 0 Å². The zero-order chi connectivity index (χ0) is 21.0. The van der Waals surface area contributed by atoms with Gasteiger partial charge in [-0.2, -0.15) is 0 Å². The van der Waals surface area contributed by atoms with Crippen LogP contribution in [-0.2, 0) is 9.59 Å². The second kappa shape index (κ2) is 8.96. The SMILES string of the molecule is CC[NH+](CC)CCN1C(=O)C(=O)/C(=C(\O)c2ccc(F)cc2)[C@H]1c1cccnc1. The van der Waals surface area contributed by atoms with Crippen LogP contribution < -0.4 is 4.90 Å². The van der Waals surface area contributed by atoms with Crippen LogP contribution in [0.1, 0.15) is 31.0 Å². The molecule has 29 heavy (non-hydrogen) atoms. The number of Topliss-reactive ketones (excluding diaryl/α,β-unsaturated/α-hetero) is 1. The lowest BCUT2D eigenvalue weighted by Gasteiger charge is -2.26. The van der Waals surface area contributed by atoms with Gasteiger partial charge >= 0.3 is 0 Å². The quantitative estimate of drug-likeness (QED) is 0.422. The van der Waals surface area contributed by atoms with Crippen molar-refractivity contribution in [3.05, 3.63) is 71.3 Å². The van der Waals surface area contributed by atoms with Gasteiger partial charge in [-0.15, -0.1) is 0 Å². The van der Waals surface area contributed by atoms with E-state index in [0.717, 1.165) is 13.1 Å². The number of carbonyl (C=O) groups excluding carboxylic acids is 2. The average molecular weight is 398 g/mol. The molecule has 2 N–H and O–H groups in total. The van der Waals surface area contributed by atoms with Gasteiger partial charge in [0.2, 0.25) is 0 Å². The highest BCUT2D eigenvalue weighted by Crippen LogP contribution is 2.38. The first-order chi connectivity index (χ1) is 14.0. The lowest BCUT2D eigenvalue weighted by atomic mass is 9.96. The molecule has 3 rings (SSSR count). The summed E-state index contributed by atoms with van der Waals surface area (Å²) < 4.78 is 13.3. The van der Waals surface area contributed by atoms with Crippen molar-refractivity contribution in [1.82, 2.24) is 9.88 Å². The molecular formula is C22H25FN3O3+. The standard InChI is InChI=1S/C22H24FN3O3/c1-3-25(4-2)12-13-26-19(16-6-5-11-24-14-16)18(21(28)22(26)29)20(27)15-7-9-17(23)10-8-15/h5-11,14,19,27H,3-4,12-13H2,1-2H3/p+1/b20-18-/t19-/m1/s1. The number of carbonyl (C=O) groups is 2. The first-order valence-electron chi connectivity index (χ1n) is 9.75. The van der Waals surface area contributed by atoms with Gasteiger partial charge in [-0.1, -0.05) is 6.07 Å². The lowest BCUT2D eigenvalue weighted by molar-refractivity contribution is -0.895. The third-order valence-corrected chi connectivity index (χ3v) is 5.36. The molecular weight excluding hydrogens is 373 g/mol. The van der Waals surface area contributed by atoms with E-state index in [-0.39, 0.29) is 16.9 Å². The number of halogens is 1. The monoisotopic (exact) mass is 398 g/mol. The predicted molar refractivity (Wildman–Crippen MR) is 107 cm³/mol. The number of aromatic nitrogens is 1. The van der Waals surface area contributed by atoms with Crippen LogP contribution in [0.4, 0.5) is 4.39 Å². The summed E-state index contributed by atoms with van der Waals surface area (Å²) in [6.07, 6.45) is 3.20. The summed E-state index contributed by atoms with van der Waals surface area (Å²) in [6.45, 7) is 7.02.